The van der Waals surface area contributed by atoms with Crippen LogP contribution in [0.1, 0.15) is 5.76 Å². The van der Waals surface area contributed by atoms with Crippen molar-refractivity contribution in [3.05, 3.63) is 24.5 Å². The van der Waals surface area contributed by atoms with Crippen molar-refractivity contribution >= 4 is 29.4 Å². The lowest BCUT2D eigenvalue weighted by Gasteiger charge is -2.02. The van der Waals surface area contributed by atoms with Crippen LogP contribution in [0.5, 0.6) is 0 Å². The van der Waals surface area contributed by atoms with Crippen LogP contribution in [0, 0.1) is 6.92 Å². The summed E-state index contributed by atoms with van der Waals surface area (Å²) >= 11 is 1.23. The van der Waals surface area contributed by atoms with Crippen LogP contribution in [0.2, 0.25) is 0 Å². The van der Waals surface area contributed by atoms with Gasteiger partial charge in [0, 0.05) is 12.6 Å². The molecule has 0 aliphatic rings. The first-order valence-corrected chi connectivity index (χ1v) is 6.46. The maximum Gasteiger partial charge on any atom is 0.235 e. The number of thioether (sulfide) groups is 1. The zero-order valence-electron chi connectivity index (χ0n) is 10.1. The molecule has 1 rings (SSSR count). The lowest BCUT2D eigenvalue weighted by molar-refractivity contribution is -0.118. The van der Waals surface area contributed by atoms with E-state index in [2.05, 4.69) is 22.4 Å². The van der Waals surface area contributed by atoms with Crippen LogP contribution in [-0.2, 0) is 9.59 Å². The first-order chi connectivity index (χ1) is 8.61. The van der Waals surface area contributed by atoms with Gasteiger partial charge in [0.2, 0.25) is 11.8 Å². The highest BCUT2D eigenvalue weighted by atomic mass is 32.2. The van der Waals surface area contributed by atoms with Gasteiger partial charge in [0.15, 0.2) is 5.82 Å². The number of carbonyl (C=O) groups is 2. The van der Waals surface area contributed by atoms with Gasteiger partial charge in [0.1, 0.15) is 5.76 Å². The molecule has 0 unspecified atom stereocenters. The molecule has 0 fully saturated rings. The number of amides is 2. The van der Waals surface area contributed by atoms with Crippen molar-refractivity contribution in [3.8, 4) is 0 Å². The topological polar surface area (TPSA) is 84.2 Å². The Balaban J connectivity index is 2.17. The number of carbonyl (C=O) groups excluding carboxylic acids is 2. The number of aromatic nitrogens is 1. The number of hydrogen-bond donors (Lipinski definition) is 2. The van der Waals surface area contributed by atoms with Crippen molar-refractivity contribution in [2.24, 2.45) is 0 Å². The summed E-state index contributed by atoms with van der Waals surface area (Å²) < 4.78 is 4.81. The summed E-state index contributed by atoms with van der Waals surface area (Å²) in [6.45, 7) is 5.66. The van der Waals surface area contributed by atoms with Gasteiger partial charge in [0.25, 0.3) is 0 Å². The predicted octanol–water partition coefficient (Wildman–Crippen LogP) is 0.957. The average molecular weight is 269 g/mol. The molecule has 0 aliphatic heterocycles. The van der Waals surface area contributed by atoms with E-state index in [1.807, 2.05) is 0 Å². The molecule has 2 amide bonds. The van der Waals surface area contributed by atoms with Crippen LogP contribution in [0.3, 0.4) is 0 Å². The Hall–Kier alpha value is -1.76. The van der Waals surface area contributed by atoms with E-state index in [1.54, 1.807) is 19.1 Å². The highest BCUT2D eigenvalue weighted by Crippen LogP contribution is 2.08. The van der Waals surface area contributed by atoms with Crippen LogP contribution in [-0.4, -0.2) is 35.0 Å². The number of hydrogen-bond acceptors (Lipinski definition) is 5. The second-order valence-electron chi connectivity index (χ2n) is 3.46. The number of rotatable bonds is 7. The summed E-state index contributed by atoms with van der Waals surface area (Å²) in [6, 6.07) is 1.62. The molecule has 18 heavy (non-hydrogen) atoms. The molecule has 0 spiro atoms. The molecule has 2 N–H and O–H groups in total. The maximum absolute atomic E-state index is 11.5. The van der Waals surface area contributed by atoms with Gasteiger partial charge in [-0.25, -0.2) is 0 Å². The fraction of sp³-hybridized carbons (Fsp3) is 0.364. The number of aryl methyl sites for hydroxylation is 1. The SMILES string of the molecule is C=CCNC(=O)CSCC(=O)Nc1cc(C)on1. The molecule has 98 valence electrons. The van der Waals surface area contributed by atoms with E-state index >= 15 is 0 Å². The van der Waals surface area contributed by atoms with Crippen LogP contribution < -0.4 is 10.6 Å². The first kappa shape index (κ1) is 14.3. The zero-order chi connectivity index (χ0) is 13.4. The molecule has 1 aromatic heterocycles. The normalized spacial score (nSPS) is 9.83. The highest BCUT2D eigenvalue weighted by molar-refractivity contribution is 8.00. The third kappa shape index (κ3) is 5.53. The third-order valence-electron chi connectivity index (χ3n) is 1.81. The molecule has 0 aromatic carbocycles. The fourth-order valence-electron chi connectivity index (χ4n) is 1.08. The van der Waals surface area contributed by atoms with E-state index in [1.165, 1.54) is 11.8 Å². The van der Waals surface area contributed by atoms with Gasteiger partial charge >= 0.3 is 0 Å². The lowest BCUT2D eigenvalue weighted by atomic mass is 10.5. The van der Waals surface area contributed by atoms with Gasteiger partial charge in [-0.15, -0.1) is 18.3 Å². The van der Waals surface area contributed by atoms with E-state index in [-0.39, 0.29) is 23.3 Å². The molecule has 0 saturated carbocycles. The van der Waals surface area contributed by atoms with E-state index in [0.717, 1.165) is 0 Å². The smallest absolute Gasteiger partial charge is 0.235 e. The minimum absolute atomic E-state index is 0.120. The summed E-state index contributed by atoms with van der Waals surface area (Å²) in [5, 5.41) is 8.82. The second-order valence-corrected chi connectivity index (χ2v) is 4.44. The largest absolute Gasteiger partial charge is 0.360 e. The summed E-state index contributed by atoms with van der Waals surface area (Å²) in [5.41, 5.74) is 0. The van der Waals surface area contributed by atoms with Crippen LogP contribution in [0.4, 0.5) is 5.82 Å². The Morgan fingerprint density at radius 3 is 2.83 bits per heavy atom. The summed E-state index contributed by atoms with van der Waals surface area (Å²) in [7, 11) is 0. The quantitative estimate of drug-likeness (QED) is 0.720. The Labute approximate surface area is 109 Å². The standard InChI is InChI=1S/C11H15N3O3S/c1-3-4-12-10(15)6-18-7-11(16)13-9-5-8(2)17-14-9/h3,5H,1,4,6-7H2,2H3,(H,12,15)(H,13,14,16). The molecule has 0 radical (unpaired) electrons. The molecule has 0 saturated heterocycles. The highest BCUT2D eigenvalue weighted by Gasteiger charge is 2.07. The summed E-state index contributed by atoms with van der Waals surface area (Å²) in [4.78, 5) is 22.7. The van der Waals surface area contributed by atoms with Crippen molar-refractivity contribution in [1.82, 2.24) is 10.5 Å². The Morgan fingerprint density at radius 2 is 2.22 bits per heavy atom. The molecular weight excluding hydrogens is 254 g/mol. The zero-order valence-corrected chi connectivity index (χ0v) is 10.9. The molecule has 1 heterocycles. The van der Waals surface area contributed by atoms with Crippen molar-refractivity contribution in [2.75, 3.05) is 23.4 Å². The summed E-state index contributed by atoms with van der Waals surface area (Å²) in [6.07, 6.45) is 1.60. The van der Waals surface area contributed by atoms with E-state index in [9.17, 15) is 9.59 Å². The molecule has 0 atom stereocenters. The lowest BCUT2D eigenvalue weighted by Crippen LogP contribution is -2.26. The fourth-order valence-corrected chi connectivity index (χ4v) is 1.72. The van der Waals surface area contributed by atoms with E-state index in [4.69, 9.17) is 4.52 Å². The third-order valence-corrected chi connectivity index (χ3v) is 2.74. The molecule has 0 bridgehead atoms. The Bertz CT molecular complexity index is 431. The minimum Gasteiger partial charge on any atom is -0.360 e. The molecular formula is C11H15N3O3S. The number of anilines is 1. The monoisotopic (exact) mass is 269 g/mol. The van der Waals surface area contributed by atoms with Crippen molar-refractivity contribution < 1.29 is 14.1 Å². The predicted molar refractivity (Wildman–Crippen MR) is 70.4 cm³/mol. The van der Waals surface area contributed by atoms with Crippen LogP contribution >= 0.6 is 11.8 Å². The minimum atomic E-state index is -0.218. The van der Waals surface area contributed by atoms with Gasteiger partial charge in [-0.2, -0.15) is 0 Å². The van der Waals surface area contributed by atoms with Crippen molar-refractivity contribution in [3.63, 3.8) is 0 Å². The molecule has 7 heteroatoms. The van der Waals surface area contributed by atoms with E-state index in [0.29, 0.717) is 18.1 Å². The van der Waals surface area contributed by atoms with Gasteiger partial charge < -0.3 is 15.2 Å². The van der Waals surface area contributed by atoms with E-state index < -0.39 is 0 Å². The Kier molecular flexibility index (Phi) is 5.99. The average Bonchev–Trinajstić information content (AvgIpc) is 2.72. The summed E-state index contributed by atoms with van der Waals surface area (Å²) in [5.74, 6) is 1.10. The second kappa shape index (κ2) is 7.54. The number of nitrogens with one attached hydrogen (secondary N) is 2. The van der Waals surface area contributed by atoms with Gasteiger partial charge in [0.05, 0.1) is 11.5 Å². The molecule has 0 aliphatic carbocycles. The maximum atomic E-state index is 11.5. The van der Waals surface area contributed by atoms with Gasteiger partial charge in [-0.1, -0.05) is 11.2 Å². The molecule has 1 aromatic rings. The number of nitrogens with zero attached hydrogens (tertiary/aromatic N) is 1. The van der Waals surface area contributed by atoms with Crippen molar-refractivity contribution in [1.29, 1.82) is 0 Å². The molecule has 6 nitrogen and oxygen atoms in total. The first-order valence-electron chi connectivity index (χ1n) is 5.30. The van der Waals surface area contributed by atoms with Crippen molar-refractivity contribution in [2.45, 2.75) is 6.92 Å². The van der Waals surface area contributed by atoms with Crippen LogP contribution in [0.25, 0.3) is 0 Å². The van der Waals surface area contributed by atoms with Gasteiger partial charge in [-0.05, 0) is 6.92 Å². The van der Waals surface area contributed by atoms with Gasteiger partial charge in [-0.3, -0.25) is 9.59 Å². The van der Waals surface area contributed by atoms with Crippen LogP contribution in [0.15, 0.2) is 23.2 Å². The Morgan fingerprint density at radius 1 is 1.50 bits per heavy atom.